The highest BCUT2D eigenvalue weighted by atomic mass is 19.1. The summed E-state index contributed by atoms with van der Waals surface area (Å²) in [4.78, 5) is 22.3. The van der Waals surface area contributed by atoms with E-state index in [1.165, 1.54) is 17.7 Å². The van der Waals surface area contributed by atoms with Crippen molar-refractivity contribution < 1.29 is 13.9 Å². The molecule has 4 N–H and O–H groups in total. The highest BCUT2D eigenvalue weighted by Gasteiger charge is 2.44. The minimum absolute atomic E-state index is 0.169. The Bertz CT molecular complexity index is 1330. The van der Waals surface area contributed by atoms with Crippen LogP contribution in [0.1, 0.15) is 70.3 Å². The quantitative estimate of drug-likeness (QED) is 0.370. The molecule has 1 fully saturated rings. The van der Waals surface area contributed by atoms with Crippen molar-refractivity contribution in [2.75, 3.05) is 6.54 Å². The van der Waals surface area contributed by atoms with Gasteiger partial charge in [0.15, 0.2) is 0 Å². The Balaban J connectivity index is 1.54. The van der Waals surface area contributed by atoms with E-state index in [4.69, 9.17) is 15.6 Å². The van der Waals surface area contributed by atoms with Gasteiger partial charge in [0.25, 0.3) is 0 Å². The van der Waals surface area contributed by atoms with Crippen molar-refractivity contribution >= 4 is 17.5 Å². The van der Waals surface area contributed by atoms with E-state index in [-0.39, 0.29) is 23.4 Å². The van der Waals surface area contributed by atoms with Crippen LogP contribution in [-0.2, 0) is 11.2 Å². The molecule has 3 aliphatic rings. The first-order valence-electron chi connectivity index (χ1n) is 13.3. The lowest BCUT2D eigenvalue weighted by atomic mass is 9.67. The highest BCUT2D eigenvalue weighted by molar-refractivity contribution is 6.02. The lowest BCUT2D eigenvalue weighted by molar-refractivity contribution is 0.0417. The van der Waals surface area contributed by atoms with Crippen molar-refractivity contribution in [2.45, 2.75) is 70.9 Å². The van der Waals surface area contributed by atoms with Crippen LogP contribution >= 0.6 is 0 Å². The molecule has 200 valence electrons. The molecule has 2 aromatic rings. The number of ether oxygens (including phenoxy) is 1. The predicted octanol–water partition coefficient (Wildman–Crippen LogP) is 5.45. The molecule has 0 saturated heterocycles. The molecular formula is C30H36FN5O2. The number of amidine groups is 1. The molecule has 7 nitrogen and oxygen atoms in total. The molecule has 1 atom stereocenters. The van der Waals surface area contributed by atoms with E-state index in [9.17, 15) is 9.18 Å². The van der Waals surface area contributed by atoms with Crippen LogP contribution in [0.25, 0.3) is 16.7 Å². The van der Waals surface area contributed by atoms with Crippen LogP contribution in [0.5, 0.6) is 0 Å². The third-order valence-electron chi connectivity index (χ3n) is 7.62. The number of hydrogen-bond acceptors (Lipinski definition) is 6. The summed E-state index contributed by atoms with van der Waals surface area (Å²) in [5, 5.41) is 3.18. The lowest BCUT2D eigenvalue weighted by Crippen LogP contribution is -2.56. The first-order chi connectivity index (χ1) is 18.1. The molecule has 2 aliphatic carbocycles. The van der Waals surface area contributed by atoms with Gasteiger partial charge in [0.1, 0.15) is 17.3 Å². The van der Waals surface area contributed by atoms with Gasteiger partial charge in [-0.2, -0.15) is 0 Å². The summed E-state index contributed by atoms with van der Waals surface area (Å²) in [5.74, 6) is 6.25. The fraction of sp³-hybridized carbons (Fsp3) is 0.433. The van der Waals surface area contributed by atoms with E-state index in [0.29, 0.717) is 12.4 Å². The Morgan fingerprint density at radius 3 is 2.50 bits per heavy atom. The second-order valence-corrected chi connectivity index (χ2v) is 11.5. The molecule has 5 rings (SSSR count). The number of allylic oxidation sites excluding steroid dienone is 3. The Morgan fingerprint density at radius 2 is 1.89 bits per heavy atom. The summed E-state index contributed by atoms with van der Waals surface area (Å²) in [5.41, 5.74) is 8.62. The zero-order valence-corrected chi connectivity index (χ0v) is 22.5. The molecule has 1 aromatic heterocycles. The molecule has 1 amide bonds. The summed E-state index contributed by atoms with van der Waals surface area (Å²) in [6.07, 6.45) is 8.32. The van der Waals surface area contributed by atoms with Crippen molar-refractivity contribution in [1.29, 1.82) is 0 Å². The number of nitrogens with two attached hydrogens (primary N) is 1. The van der Waals surface area contributed by atoms with Crippen molar-refractivity contribution in [3.63, 3.8) is 0 Å². The van der Waals surface area contributed by atoms with Crippen molar-refractivity contribution in [2.24, 2.45) is 16.8 Å². The van der Waals surface area contributed by atoms with Gasteiger partial charge in [0, 0.05) is 24.1 Å². The molecule has 0 radical (unpaired) electrons. The number of aliphatic imine (C=N–C) groups is 1. The van der Waals surface area contributed by atoms with Gasteiger partial charge < -0.3 is 15.5 Å². The Morgan fingerprint density at radius 1 is 1.16 bits per heavy atom. The summed E-state index contributed by atoms with van der Waals surface area (Å²) >= 11 is 0. The highest BCUT2D eigenvalue weighted by Crippen LogP contribution is 2.46. The number of benzene rings is 1. The average Bonchev–Trinajstić information content (AvgIpc) is 2.84. The first kappa shape index (κ1) is 26.1. The summed E-state index contributed by atoms with van der Waals surface area (Å²) < 4.78 is 19.3. The van der Waals surface area contributed by atoms with Crippen LogP contribution in [0.2, 0.25) is 0 Å². The topological polar surface area (TPSA) is 102 Å². The van der Waals surface area contributed by atoms with Crippen molar-refractivity contribution in [3.05, 3.63) is 70.8 Å². The fourth-order valence-corrected chi connectivity index (χ4v) is 5.58. The average molecular weight is 518 g/mol. The monoisotopic (exact) mass is 517 g/mol. The minimum atomic E-state index is -0.546. The van der Waals surface area contributed by atoms with E-state index >= 15 is 0 Å². The maximum Gasteiger partial charge on any atom is 0.408 e. The Labute approximate surface area is 223 Å². The van der Waals surface area contributed by atoms with Gasteiger partial charge in [-0.05, 0) is 87.3 Å². The van der Waals surface area contributed by atoms with Gasteiger partial charge in [-0.25, -0.2) is 15.0 Å². The molecule has 1 aliphatic heterocycles. The Hall–Kier alpha value is -3.52. The number of rotatable bonds is 4. The zero-order valence-electron chi connectivity index (χ0n) is 22.5. The van der Waals surface area contributed by atoms with Crippen LogP contribution in [0.4, 0.5) is 9.18 Å². The third-order valence-corrected chi connectivity index (χ3v) is 7.62. The number of fused-ring (bicyclic) bond motifs is 1. The Kier molecular flexibility index (Phi) is 6.86. The number of nitrogens with one attached hydrogen (secondary N) is 2. The number of carbonyl (C=O) groups excluding carboxylic acids is 1. The van der Waals surface area contributed by atoms with Gasteiger partial charge in [0.2, 0.25) is 0 Å². The molecule has 1 aromatic carbocycles. The number of pyridine rings is 1. The normalized spacial score (nSPS) is 20.3. The summed E-state index contributed by atoms with van der Waals surface area (Å²) in [6, 6.07) is 8.55. The fourth-order valence-electron chi connectivity index (χ4n) is 5.58. The van der Waals surface area contributed by atoms with Crippen molar-refractivity contribution in [3.8, 4) is 11.1 Å². The van der Waals surface area contributed by atoms with E-state index in [0.717, 1.165) is 65.8 Å². The van der Waals surface area contributed by atoms with Crippen molar-refractivity contribution in [1.82, 2.24) is 15.7 Å². The first-order valence-corrected chi connectivity index (χ1v) is 13.3. The maximum atomic E-state index is 13.8. The minimum Gasteiger partial charge on any atom is -0.444 e. The number of nitrogens with zero attached hydrogens (tertiary/aromatic N) is 2. The van der Waals surface area contributed by atoms with Gasteiger partial charge in [-0.15, -0.1) is 0 Å². The van der Waals surface area contributed by atoms with Gasteiger partial charge in [0.05, 0.1) is 16.9 Å². The van der Waals surface area contributed by atoms with Crippen LogP contribution in [0.15, 0.2) is 53.0 Å². The van der Waals surface area contributed by atoms with E-state index in [1.54, 1.807) is 12.1 Å². The van der Waals surface area contributed by atoms with Gasteiger partial charge in [-0.1, -0.05) is 31.2 Å². The van der Waals surface area contributed by atoms with Crippen LogP contribution in [-0.4, -0.2) is 34.6 Å². The van der Waals surface area contributed by atoms with Crippen LogP contribution in [0, 0.1) is 11.7 Å². The molecule has 0 bridgehead atoms. The molecule has 1 saturated carbocycles. The van der Waals surface area contributed by atoms with Gasteiger partial charge >= 0.3 is 6.09 Å². The zero-order chi connectivity index (χ0) is 27.1. The SMILES string of the molecule is CC1CC(C2(NC(=O)OC(C)(C)C)CCC2)=CC=C1c1nc2c(cc1-c1ccc(F)cc1)C(NN)=NCC2. The number of halogens is 1. The number of hydrazine groups is 1. The lowest BCUT2D eigenvalue weighted by Gasteiger charge is -2.46. The number of aromatic nitrogens is 1. The molecule has 1 unspecified atom stereocenters. The second-order valence-electron chi connectivity index (χ2n) is 11.5. The third kappa shape index (κ3) is 5.10. The van der Waals surface area contributed by atoms with Crippen LogP contribution < -0.4 is 16.6 Å². The summed E-state index contributed by atoms with van der Waals surface area (Å²) in [7, 11) is 0. The standard InChI is InChI=1S/C30H36FN5O2/c1-18-16-20(30(13-5-14-30)35-28(37)38-29(2,3)4)8-11-22(18)26-23(19-6-9-21(31)10-7-19)17-24-25(34-26)12-15-33-27(24)36-32/h6-11,17-18H,5,12-16,32H2,1-4H3,(H,33,36)(H,35,37). The second kappa shape index (κ2) is 9.98. The smallest absolute Gasteiger partial charge is 0.408 e. The number of alkyl carbamates (subject to hydrolysis) is 1. The molecule has 8 heteroatoms. The molecular weight excluding hydrogens is 481 g/mol. The molecule has 38 heavy (non-hydrogen) atoms. The van der Waals surface area contributed by atoms with E-state index in [1.807, 2.05) is 20.8 Å². The predicted molar refractivity (Wildman–Crippen MR) is 148 cm³/mol. The maximum absolute atomic E-state index is 13.8. The van der Waals surface area contributed by atoms with Gasteiger partial charge in [-0.3, -0.25) is 9.98 Å². The molecule has 2 heterocycles. The number of amides is 1. The largest absolute Gasteiger partial charge is 0.444 e. The molecule has 0 spiro atoms. The number of carbonyl (C=O) groups is 1. The number of hydrogen-bond donors (Lipinski definition) is 3. The van der Waals surface area contributed by atoms with E-state index < -0.39 is 5.60 Å². The summed E-state index contributed by atoms with van der Waals surface area (Å²) in [6.45, 7) is 8.44. The van der Waals surface area contributed by atoms with Crippen LogP contribution in [0.3, 0.4) is 0 Å². The van der Waals surface area contributed by atoms with E-state index in [2.05, 4.69) is 40.9 Å².